The molecule has 0 unspecified atom stereocenters. The lowest BCUT2D eigenvalue weighted by molar-refractivity contribution is -0.131. The van der Waals surface area contributed by atoms with Crippen molar-refractivity contribution in [3.63, 3.8) is 0 Å². The zero-order valence-electron chi connectivity index (χ0n) is 16.4. The molecule has 3 aromatic heterocycles. The van der Waals surface area contributed by atoms with Crippen LogP contribution in [0.2, 0.25) is 0 Å². The summed E-state index contributed by atoms with van der Waals surface area (Å²) in [6.07, 6.45) is 0.737. The number of benzene rings is 1. The second-order valence-electron chi connectivity index (χ2n) is 7.16. The molecular formula is C20H20N6O3S. The summed E-state index contributed by atoms with van der Waals surface area (Å²) in [5.41, 5.74) is 1.53. The number of fused-ring (bicyclic) bond motifs is 1. The van der Waals surface area contributed by atoms with Crippen molar-refractivity contribution in [2.75, 3.05) is 31.1 Å². The Labute approximate surface area is 176 Å². The van der Waals surface area contributed by atoms with Crippen LogP contribution in [0.4, 0.5) is 5.13 Å². The molecule has 4 heterocycles. The van der Waals surface area contributed by atoms with Gasteiger partial charge in [0.1, 0.15) is 5.76 Å². The lowest BCUT2D eigenvalue weighted by atomic mass is 10.2. The molecule has 0 saturated carbocycles. The number of hydrogen-bond donors (Lipinski definition) is 0. The Balaban J connectivity index is 1.14. The van der Waals surface area contributed by atoms with Crippen LogP contribution in [0.3, 0.4) is 0 Å². The van der Waals surface area contributed by atoms with E-state index >= 15 is 0 Å². The Kier molecular flexibility index (Phi) is 4.91. The molecule has 0 radical (unpaired) electrons. The van der Waals surface area contributed by atoms with E-state index in [1.54, 1.807) is 24.3 Å². The number of amides is 1. The molecule has 0 atom stereocenters. The molecule has 0 aliphatic carbocycles. The molecule has 1 aliphatic heterocycles. The van der Waals surface area contributed by atoms with Crippen LogP contribution in [0.15, 0.2) is 39.3 Å². The van der Waals surface area contributed by atoms with Gasteiger partial charge in [-0.2, -0.15) is 0 Å². The van der Waals surface area contributed by atoms with Crippen molar-refractivity contribution in [3.8, 4) is 11.6 Å². The summed E-state index contributed by atoms with van der Waals surface area (Å²) in [5, 5.41) is 12.9. The first-order chi connectivity index (χ1) is 14.7. The standard InChI is InChI=1S/C20H20N6O3S/c1-13-12-15(24-29-13)19-23-22-17(28-19)6-7-18(27)25-8-10-26(11-9-25)20-21-14-4-2-3-5-16(14)30-20/h2-5,12H,6-11H2,1H3. The largest absolute Gasteiger partial charge is 0.419 e. The van der Waals surface area contributed by atoms with E-state index in [9.17, 15) is 4.79 Å². The van der Waals surface area contributed by atoms with Crippen LogP contribution in [0.5, 0.6) is 0 Å². The lowest BCUT2D eigenvalue weighted by Gasteiger charge is -2.34. The number of hydrogen-bond acceptors (Lipinski definition) is 9. The Morgan fingerprint density at radius 2 is 2.00 bits per heavy atom. The summed E-state index contributed by atoms with van der Waals surface area (Å²) in [5.74, 6) is 1.49. The minimum atomic E-state index is 0.0935. The van der Waals surface area contributed by atoms with Gasteiger partial charge >= 0.3 is 0 Å². The average Bonchev–Trinajstić information content (AvgIpc) is 3.51. The number of aryl methyl sites for hydroxylation is 2. The van der Waals surface area contributed by atoms with E-state index in [1.165, 1.54) is 4.70 Å². The number of carbonyl (C=O) groups excluding carboxylic acids is 1. The predicted octanol–water partition coefficient (Wildman–Crippen LogP) is 2.92. The monoisotopic (exact) mass is 424 g/mol. The zero-order chi connectivity index (χ0) is 20.5. The topological polar surface area (TPSA) is 101 Å². The van der Waals surface area contributed by atoms with Gasteiger partial charge in [0.15, 0.2) is 10.8 Å². The fourth-order valence-electron chi connectivity index (χ4n) is 3.44. The smallest absolute Gasteiger partial charge is 0.269 e. The van der Waals surface area contributed by atoms with E-state index in [4.69, 9.17) is 13.9 Å². The quantitative estimate of drug-likeness (QED) is 0.482. The van der Waals surface area contributed by atoms with Crippen molar-refractivity contribution in [2.45, 2.75) is 19.8 Å². The minimum Gasteiger partial charge on any atom is -0.419 e. The highest BCUT2D eigenvalue weighted by Crippen LogP contribution is 2.29. The van der Waals surface area contributed by atoms with E-state index in [2.05, 4.69) is 26.3 Å². The predicted molar refractivity (Wildman–Crippen MR) is 111 cm³/mol. The maximum Gasteiger partial charge on any atom is 0.269 e. The summed E-state index contributed by atoms with van der Waals surface area (Å²) in [4.78, 5) is 21.5. The van der Waals surface area contributed by atoms with Crippen molar-refractivity contribution in [2.24, 2.45) is 0 Å². The first-order valence-electron chi connectivity index (χ1n) is 9.80. The van der Waals surface area contributed by atoms with Gasteiger partial charge in [0.25, 0.3) is 5.89 Å². The third-order valence-corrected chi connectivity index (χ3v) is 6.15. The number of nitrogens with zero attached hydrogens (tertiary/aromatic N) is 6. The van der Waals surface area contributed by atoms with Crippen molar-refractivity contribution in [3.05, 3.63) is 42.0 Å². The number of thiazole rings is 1. The van der Waals surface area contributed by atoms with E-state index in [0.29, 0.717) is 49.2 Å². The Morgan fingerprint density at radius 3 is 2.77 bits per heavy atom. The average molecular weight is 424 g/mol. The third-order valence-electron chi connectivity index (χ3n) is 5.05. The van der Waals surface area contributed by atoms with Crippen LogP contribution in [-0.2, 0) is 11.2 Å². The van der Waals surface area contributed by atoms with Gasteiger partial charge in [0, 0.05) is 45.1 Å². The molecule has 10 heteroatoms. The second-order valence-corrected chi connectivity index (χ2v) is 8.16. The fraction of sp³-hybridized carbons (Fsp3) is 0.350. The molecular weight excluding hydrogens is 404 g/mol. The number of piperazine rings is 1. The van der Waals surface area contributed by atoms with Gasteiger partial charge in [0.2, 0.25) is 11.8 Å². The molecule has 154 valence electrons. The van der Waals surface area contributed by atoms with E-state index in [0.717, 1.165) is 23.7 Å². The highest BCUT2D eigenvalue weighted by atomic mass is 32.1. The molecule has 4 aromatic rings. The van der Waals surface area contributed by atoms with Crippen LogP contribution < -0.4 is 4.90 Å². The van der Waals surface area contributed by atoms with Crippen molar-refractivity contribution in [1.82, 2.24) is 25.2 Å². The molecule has 1 aliphatic rings. The maximum absolute atomic E-state index is 12.6. The van der Waals surface area contributed by atoms with Gasteiger partial charge in [0.05, 0.1) is 10.2 Å². The molecule has 1 saturated heterocycles. The van der Waals surface area contributed by atoms with E-state index < -0.39 is 0 Å². The fourth-order valence-corrected chi connectivity index (χ4v) is 4.46. The van der Waals surface area contributed by atoms with Crippen molar-refractivity contribution >= 4 is 32.6 Å². The number of aromatic nitrogens is 4. The summed E-state index contributed by atoms with van der Waals surface area (Å²) < 4.78 is 11.8. The van der Waals surface area contributed by atoms with Crippen molar-refractivity contribution < 1.29 is 13.7 Å². The van der Waals surface area contributed by atoms with Crippen LogP contribution >= 0.6 is 11.3 Å². The summed E-state index contributed by atoms with van der Waals surface area (Å²) in [6.45, 7) is 4.72. The Morgan fingerprint density at radius 1 is 1.17 bits per heavy atom. The minimum absolute atomic E-state index is 0.0935. The third kappa shape index (κ3) is 3.78. The van der Waals surface area contributed by atoms with Crippen molar-refractivity contribution in [1.29, 1.82) is 0 Å². The van der Waals surface area contributed by atoms with E-state index in [1.807, 2.05) is 23.1 Å². The highest BCUT2D eigenvalue weighted by Gasteiger charge is 2.23. The molecule has 1 fully saturated rings. The Hall–Kier alpha value is -3.27. The van der Waals surface area contributed by atoms with E-state index in [-0.39, 0.29) is 5.91 Å². The normalized spacial score (nSPS) is 14.6. The first-order valence-corrected chi connectivity index (χ1v) is 10.6. The number of rotatable bonds is 5. The van der Waals surface area contributed by atoms with Gasteiger partial charge in [-0.3, -0.25) is 4.79 Å². The molecule has 30 heavy (non-hydrogen) atoms. The molecule has 1 aromatic carbocycles. The molecule has 0 bridgehead atoms. The van der Waals surface area contributed by atoms with Gasteiger partial charge in [-0.1, -0.05) is 28.6 Å². The molecule has 0 spiro atoms. The Bertz CT molecular complexity index is 1140. The van der Waals surface area contributed by atoms with Gasteiger partial charge in [-0.15, -0.1) is 10.2 Å². The SMILES string of the molecule is Cc1cc(-c2nnc(CCC(=O)N3CCN(c4nc5ccccc5s4)CC3)o2)no1. The molecule has 5 rings (SSSR count). The number of para-hydroxylation sites is 1. The molecule has 1 amide bonds. The maximum atomic E-state index is 12.6. The molecule has 9 nitrogen and oxygen atoms in total. The first kappa shape index (κ1) is 18.7. The van der Waals surface area contributed by atoms with Crippen LogP contribution in [0.25, 0.3) is 21.8 Å². The summed E-state index contributed by atoms with van der Waals surface area (Å²) in [7, 11) is 0. The van der Waals surface area contributed by atoms with Gasteiger partial charge < -0.3 is 18.7 Å². The zero-order valence-corrected chi connectivity index (χ0v) is 17.3. The summed E-state index contributed by atoms with van der Waals surface area (Å²) in [6, 6.07) is 9.87. The second kappa shape index (κ2) is 7.86. The molecule has 0 N–H and O–H groups in total. The van der Waals surface area contributed by atoms with Crippen LogP contribution in [-0.4, -0.2) is 57.3 Å². The summed E-state index contributed by atoms with van der Waals surface area (Å²) >= 11 is 1.69. The van der Waals surface area contributed by atoms with Crippen LogP contribution in [0.1, 0.15) is 18.1 Å². The number of carbonyl (C=O) groups is 1. The lowest BCUT2D eigenvalue weighted by Crippen LogP contribution is -2.48. The highest BCUT2D eigenvalue weighted by molar-refractivity contribution is 7.22. The van der Waals surface area contributed by atoms with Gasteiger partial charge in [-0.25, -0.2) is 4.98 Å². The number of anilines is 1. The van der Waals surface area contributed by atoms with Gasteiger partial charge in [-0.05, 0) is 19.1 Å². The van der Waals surface area contributed by atoms with Crippen LogP contribution in [0, 0.1) is 6.92 Å².